The minimum atomic E-state index is -0.687. The second-order valence-corrected chi connectivity index (χ2v) is 9.74. The van der Waals surface area contributed by atoms with Crippen LogP contribution in [0.3, 0.4) is 0 Å². The van der Waals surface area contributed by atoms with Crippen LogP contribution in [0.1, 0.15) is 71.6 Å². The smallest absolute Gasteiger partial charge is 0.139 e. The number of rotatable bonds is 3. The highest BCUT2D eigenvalue weighted by Crippen LogP contribution is 2.66. The van der Waals surface area contributed by atoms with Crippen LogP contribution in [0.2, 0.25) is 0 Å². The number of oxime groups is 1. The van der Waals surface area contributed by atoms with Gasteiger partial charge in [0.15, 0.2) is 0 Å². The molecule has 5 heteroatoms. The highest BCUT2D eigenvalue weighted by Gasteiger charge is 2.64. The summed E-state index contributed by atoms with van der Waals surface area (Å²) in [6.07, 6.45) is 8.26. The third-order valence-corrected chi connectivity index (χ3v) is 8.75. The van der Waals surface area contributed by atoms with E-state index in [0.29, 0.717) is 43.1 Å². The SMILES string of the molecule is C[C@]12CC[C@@H]3[C@@H](CCC4(O)CC(=NOCCN)CC[C@]34C)[C@@H]1CCC2=O. The average Bonchev–Trinajstić information content (AvgIpc) is 2.91. The molecule has 26 heavy (non-hydrogen) atoms. The van der Waals surface area contributed by atoms with E-state index in [9.17, 15) is 9.90 Å². The first kappa shape index (κ1) is 18.4. The summed E-state index contributed by atoms with van der Waals surface area (Å²) in [5, 5.41) is 15.9. The maximum absolute atomic E-state index is 12.5. The monoisotopic (exact) mass is 362 g/mol. The molecular weight excluding hydrogens is 328 g/mol. The van der Waals surface area contributed by atoms with Gasteiger partial charge in [-0.15, -0.1) is 0 Å². The number of hydrogen-bond donors (Lipinski definition) is 2. The van der Waals surface area contributed by atoms with Gasteiger partial charge in [0.1, 0.15) is 12.4 Å². The normalized spacial score (nSPS) is 49.5. The molecule has 0 spiro atoms. The van der Waals surface area contributed by atoms with Crippen molar-refractivity contribution in [2.45, 2.75) is 77.2 Å². The molecule has 4 saturated carbocycles. The van der Waals surface area contributed by atoms with E-state index in [4.69, 9.17) is 10.6 Å². The van der Waals surface area contributed by atoms with Gasteiger partial charge in [-0.05, 0) is 62.7 Å². The van der Waals surface area contributed by atoms with Gasteiger partial charge in [0.2, 0.25) is 0 Å². The van der Waals surface area contributed by atoms with E-state index in [2.05, 4.69) is 19.0 Å². The van der Waals surface area contributed by atoms with Crippen LogP contribution >= 0.6 is 0 Å². The van der Waals surface area contributed by atoms with Gasteiger partial charge < -0.3 is 15.7 Å². The second kappa shape index (κ2) is 6.30. The number of Topliss-reactive ketones (excluding diaryl/α,β-unsaturated/α-hetero) is 1. The zero-order valence-electron chi connectivity index (χ0n) is 16.3. The van der Waals surface area contributed by atoms with Gasteiger partial charge in [0.05, 0.1) is 11.3 Å². The first-order valence-electron chi connectivity index (χ1n) is 10.5. The van der Waals surface area contributed by atoms with Crippen LogP contribution in [0.25, 0.3) is 0 Å². The van der Waals surface area contributed by atoms with Crippen molar-refractivity contribution in [3.8, 4) is 0 Å². The number of nitrogens with zero attached hydrogens (tertiary/aromatic N) is 1. The third kappa shape index (κ3) is 2.50. The van der Waals surface area contributed by atoms with Crippen molar-refractivity contribution in [1.82, 2.24) is 0 Å². The van der Waals surface area contributed by atoms with Crippen molar-refractivity contribution in [2.75, 3.05) is 13.2 Å². The van der Waals surface area contributed by atoms with Gasteiger partial charge in [0, 0.05) is 30.2 Å². The highest BCUT2D eigenvalue weighted by atomic mass is 16.6. The van der Waals surface area contributed by atoms with Gasteiger partial charge in [0.25, 0.3) is 0 Å². The molecule has 6 atom stereocenters. The lowest BCUT2D eigenvalue weighted by Gasteiger charge is -2.62. The Hall–Kier alpha value is -0.940. The van der Waals surface area contributed by atoms with E-state index < -0.39 is 5.60 Å². The molecule has 0 aromatic rings. The van der Waals surface area contributed by atoms with E-state index in [1.54, 1.807) is 0 Å². The van der Waals surface area contributed by atoms with Crippen LogP contribution in [0, 0.1) is 28.6 Å². The largest absolute Gasteiger partial charge is 0.395 e. The molecule has 4 fully saturated rings. The number of nitrogens with two attached hydrogens (primary N) is 1. The maximum Gasteiger partial charge on any atom is 0.139 e. The summed E-state index contributed by atoms with van der Waals surface area (Å²) in [4.78, 5) is 17.8. The predicted octanol–water partition coefficient (Wildman–Crippen LogP) is 3.04. The van der Waals surface area contributed by atoms with Gasteiger partial charge in [-0.1, -0.05) is 19.0 Å². The van der Waals surface area contributed by atoms with E-state index in [0.717, 1.165) is 57.1 Å². The molecule has 3 N–H and O–H groups in total. The number of fused-ring (bicyclic) bond motifs is 5. The Balaban J connectivity index is 1.57. The molecule has 4 rings (SSSR count). The molecule has 0 aromatic carbocycles. The number of ketones is 1. The Kier molecular flexibility index (Phi) is 4.47. The number of hydrogen-bond acceptors (Lipinski definition) is 5. The zero-order valence-corrected chi connectivity index (χ0v) is 16.3. The molecule has 4 aliphatic rings. The molecule has 0 aromatic heterocycles. The topological polar surface area (TPSA) is 84.9 Å². The van der Waals surface area contributed by atoms with Crippen molar-refractivity contribution < 1.29 is 14.7 Å². The van der Waals surface area contributed by atoms with E-state index in [1.165, 1.54) is 0 Å². The van der Waals surface area contributed by atoms with Crippen molar-refractivity contribution in [3.05, 3.63) is 0 Å². The fourth-order valence-corrected chi connectivity index (χ4v) is 7.09. The Morgan fingerprint density at radius 3 is 2.73 bits per heavy atom. The van der Waals surface area contributed by atoms with Crippen LogP contribution in [0.4, 0.5) is 0 Å². The van der Waals surface area contributed by atoms with Crippen LogP contribution in [-0.4, -0.2) is 35.4 Å². The molecule has 0 amide bonds. The van der Waals surface area contributed by atoms with E-state index in [1.807, 2.05) is 0 Å². The van der Waals surface area contributed by atoms with Crippen molar-refractivity contribution >= 4 is 11.5 Å². The van der Waals surface area contributed by atoms with E-state index >= 15 is 0 Å². The van der Waals surface area contributed by atoms with Crippen LogP contribution < -0.4 is 5.73 Å². The molecule has 0 bridgehead atoms. The molecular formula is C21H34N2O3. The van der Waals surface area contributed by atoms with Crippen molar-refractivity contribution in [1.29, 1.82) is 0 Å². The summed E-state index contributed by atoms with van der Waals surface area (Å²) in [6.45, 7) is 5.41. The fourth-order valence-electron chi connectivity index (χ4n) is 7.09. The number of carbonyl (C=O) groups excluding carboxylic acids is 1. The number of carbonyl (C=O) groups is 1. The standard InChI is InChI=1S/C21H34N2O3/c1-19-8-7-17-15(16(19)3-4-18(19)24)6-10-21(25)13-14(23-26-12-11-22)5-9-20(17,21)2/h15-17,25H,3-13,22H2,1-2H3/t15-,16-,17+,19-,20+,21?/m0/s1. The average molecular weight is 363 g/mol. The lowest BCUT2D eigenvalue weighted by atomic mass is 9.43. The first-order chi connectivity index (χ1) is 12.3. The quantitative estimate of drug-likeness (QED) is 0.597. The summed E-state index contributed by atoms with van der Waals surface area (Å²) in [5.41, 5.74) is 5.59. The minimum absolute atomic E-state index is 0.0736. The Morgan fingerprint density at radius 2 is 1.96 bits per heavy atom. The van der Waals surface area contributed by atoms with Crippen LogP contribution in [-0.2, 0) is 9.63 Å². The van der Waals surface area contributed by atoms with Crippen LogP contribution in [0.15, 0.2) is 5.16 Å². The van der Waals surface area contributed by atoms with Gasteiger partial charge in [-0.3, -0.25) is 4.79 Å². The summed E-state index contributed by atoms with van der Waals surface area (Å²) in [5.74, 6) is 2.13. The Labute approximate surface area is 156 Å². The maximum atomic E-state index is 12.5. The van der Waals surface area contributed by atoms with Crippen molar-refractivity contribution in [3.63, 3.8) is 0 Å². The molecule has 0 saturated heterocycles. The van der Waals surface area contributed by atoms with Crippen molar-refractivity contribution in [2.24, 2.45) is 39.5 Å². The van der Waals surface area contributed by atoms with Gasteiger partial charge in [-0.2, -0.15) is 0 Å². The lowest BCUT2D eigenvalue weighted by Crippen LogP contribution is -2.62. The number of aliphatic hydroxyl groups is 1. The minimum Gasteiger partial charge on any atom is -0.395 e. The molecule has 1 unspecified atom stereocenters. The summed E-state index contributed by atoms with van der Waals surface area (Å²) in [7, 11) is 0. The van der Waals surface area contributed by atoms with Crippen LogP contribution in [0.5, 0.6) is 0 Å². The van der Waals surface area contributed by atoms with Gasteiger partial charge in [-0.25, -0.2) is 0 Å². The predicted molar refractivity (Wildman–Crippen MR) is 101 cm³/mol. The summed E-state index contributed by atoms with van der Waals surface area (Å²) >= 11 is 0. The third-order valence-electron chi connectivity index (χ3n) is 8.75. The molecule has 0 radical (unpaired) electrons. The van der Waals surface area contributed by atoms with Gasteiger partial charge >= 0.3 is 0 Å². The first-order valence-corrected chi connectivity index (χ1v) is 10.5. The fraction of sp³-hybridized carbons (Fsp3) is 0.905. The molecule has 146 valence electrons. The Bertz CT molecular complexity index is 620. The summed E-state index contributed by atoms with van der Waals surface area (Å²) < 4.78 is 0. The molecule has 4 aliphatic carbocycles. The second-order valence-electron chi connectivity index (χ2n) is 9.74. The summed E-state index contributed by atoms with van der Waals surface area (Å²) in [6, 6.07) is 0. The zero-order chi connectivity index (χ0) is 18.6. The van der Waals surface area contributed by atoms with E-state index in [-0.39, 0.29) is 10.8 Å². The molecule has 5 nitrogen and oxygen atoms in total. The molecule has 0 heterocycles. The Morgan fingerprint density at radius 1 is 1.15 bits per heavy atom. The molecule has 0 aliphatic heterocycles. The highest BCUT2D eigenvalue weighted by molar-refractivity contribution is 5.87. The lowest BCUT2D eigenvalue weighted by molar-refractivity contribution is -0.188.